The standard InChI is InChI=1S/C43H75N5O7/c1-16-28(8)38(47(13)43(53)36(26(4)5)45-42(52)37(27(6)7)46(11)12)34(54-14)24-35(49)48-23-17-18-33(48)40(55-15)29(9)41(51)44-30(10)39(50)32-21-19-31(20-22-32)25(2)3/h19-22,25-30,33-34,36-40,50H,16-18,23-24H2,1-15H3,(H,44,51)(H,45,52)/t28?,29-,30-,33+,34?,36+,37+,38+,39-,40-/m1/s1. The SMILES string of the molecule is CCC(C)[C@@H](C(CC(=O)N1CCC[C@H]1[C@H](OC)[C@@H](C)C(=O)N[C@H](C)[C@@H](O)c1ccc(C(C)C)cc1)OC)N(C)C(=O)[C@@H](NC(=O)[C@H](C(C)C)N(C)C)C(C)C. The predicted octanol–water partition coefficient (Wildman–Crippen LogP) is 5.00. The van der Waals surface area contributed by atoms with Crippen LogP contribution in [0.5, 0.6) is 0 Å². The maximum absolute atomic E-state index is 14.2. The van der Waals surface area contributed by atoms with Crippen LogP contribution in [0.25, 0.3) is 0 Å². The first-order valence-corrected chi connectivity index (χ1v) is 20.4. The fraction of sp³-hybridized carbons (Fsp3) is 0.767. The second kappa shape index (κ2) is 22.0. The number of carbonyl (C=O) groups is 4. The average Bonchev–Trinajstić information content (AvgIpc) is 3.62. The van der Waals surface area contributed by atoms with Crippen LogP contribution in [-0.2, 0) is 28.7 Å². The van der Waals surface area contributed by atoms with Crippen LogP contribution in [0.1, 0.15) is 118 Å². The molecule has 2 unspecified atom stereocenters. The molecule has 1 fully saturated rings. The molecule has 1 aliphatic heterocycles. The van der Waals surface area contributed by atoms with Gasteiger partial charge in [0, 0.05) is 27.8 Å². The van der Waals surface area contributed by atoms with Gasteiger partial charge in [0.1, 0.15) is 6.04 Å². The van der Waals surface area contributed by atoms with Crippen molar-refractivity contribution in [1.82, 2.24) is 25.3 Å². The Morgan fingerprint density at radius 3 is 1.91 bits per heavy atom. The van der Waals surface area contributed by atoms with Crippen LogP contribution < -0.4 is 10.6 Å². The molecular formula is C43H75N5O7. The largest absolute Gasteiger partial charge is 0.386 e. The molecule has 12 heteroatoms. The summed E-state index contributed by atoms with van der Waals surface area (Å²) >= 11 is 0. The van der Waals surface area contributed by atoms with E-state index < -0.39 is 48.4 Å². The zero-order valence-electron chi connectivity index (χ0n) is 36.6. The highest BCUT2D eigenvalue weighted by atomic mass is 16.5. The summed E-state index contributed by atoms with van der Waals surface area (Å²) in [7, 11) is 8.59. The maximum atomic E-state index is 14.2. The second-order valence-electron chi connectivity index (χ2n) is 17.0. The van der Waals surface area contributed by atoms with Gasteiger partial charge in [0.25, 0.3) is 0 Å². The summed E-state index contributed by atoms with van der Waals surface area (Å²) in [6, 6.07) is 5.30. The van der Waals surface area contributed by atoms with Gasteiger partial charge in [-0.2, -0.15) is 0 Å². The third-order valence-corrected chi connectivity index (χ3v) is 11.7. The highest BCUT2D eigenvalue weighted by molar-refractivity contribution is 5.90. The van der Waals surface area contributed by atoms with Gasteiger partial charge in [-0.05, 0) is 68.7 Å². The van der Waals surface area contributed by atoms with E-state index in [4.69, 9.17) is 9.47 Å². The van der Waals surface area contributed by atoms with Gasteiger partial charge < -0.3 is 35.0 Å². The van der Waals surface area contributed by atoms with E-state index in [0.29, 0.717) is 18.9 Å². The van der Waals surface area contributed by atoms with Gasteiger partial charge in [0.05, 0.1) is 54.8 Å². The van der Waals surface area contributed by atoms with Crippen molar-refractivity contribution in [3.05, 3.63) is 35.4 Å². The minimum Gasteiger partial charge on any atom is -0.386 e. The van der Waals surface area contributed by atoms with Crippen LogP contribution in [0.3, 0.4) is 0 Å². The van der Waals surface area contributed by atoms with E-state index in [0.717, 1.165) is 18.4 Å². The highest BCUT2D eigenvalue weighted by Gasteiger charge is 2.43. The van der Waals surface area contributed by atoms with Crippen molar-refractivity contribution in [2.45, 2.75) is 149 Å². The fourth-order valence-corrected chi connectivity index (χ4v) is 8.21. The minimum atomic E-state index is -0.889. The number of aliphatic hydroxyl groups excluding tert-OH is 1. The molecule has 12 nitrogen and oxygen atoms in total. The Balaban J connectivity index is 2.24. The van der Waals surface area contributed by atoms with Crippen LogP contribution in [-0.4, -0.2) is 128 Å². The topological polar surface area (TPSA) is 141 Å². The Morgan fingerprint density at radius 1 is 0.855 bits per heavy atom. The molecule has 0 spiro atoms. The van der Waals surface area contributed by atoms with Crippen LogP contribution in [0, 0.1) is 23.7 Å². The second-order valence-corrected chi connectivity index (χ2v) is 17.0. The molecule has 4 amide bonds. The van der Waals surface area contributed by atoms with Gasteiger partial charge in [0.2, 0.25) is 23.6 Å². The Kier molecular flexibility index (Phi) is 19.3. The number of rotatable bonds is 21. The van der Waals surface area contributed by atoms with E-state index >= 15 is 0 Å². The van der Waals surface area contributed by atoms with Gasteiger partial charge in [-0.3, -0.25) is 24.1 Å². The first-order chi connectivity index (χ1) is 25.7. The van der Waals surface area contributed by atoms with Crippen LogP contribution >= 0.6 is 0 Å². The Bertz CT molecular complexity index is 1360. The molecule has 10 atom stereocenters. The fourth-order valence-electron chi connectivity index (χ4n) is 8.21. The lowest BCUT2D eigenvalue weighted by atomic mass is 9.89. The number of hydrogen-bond acceptors (Lipinski definition) is 8. The number of ether oxygens (including phenoxy) is 2. The van der Waals surface area contributed by atoms with E-state index in [1.54, 1.807) is 44.9 Å². The van der Waals surface area contributed by atoms with Crippen molar-refractivity contribution in [3.8, 4) is 0 Å². The van der Waals surface area contributed by atoms with E-state index in [2.05, 4.69) is 24.5 Å². The van der Waals surface area contributed by atoms with Crippen LogP contribution in [0.15, 0.2) is 24.3 Å². The number of hydrogen-bond donors (Lipinski definition) is 3. The summed E-state index contributed by atoms with van der Waals surface area (Å²) in [5.41, 5.74) is 1.90. The molecule has 1 aliphatic rings. The number of nitrogens with one attached hydrogen (secondary N) is 2. The Labute approximate surface area is 332 Å². The number of methoxy groups -OCH3 is 2. The highest BCUT2D eigenvalue weighted by Crippen LogP contribution is 2.30. The Hall–Kier alpha value is -3.06. The molecule has 0 radical (unpaired) electrons. The quantitative estimate of drug-likeness (QED) is 0.159. The summed E-state index contributed by atoms with van der Waals surface area (Å²) in [5.74, 6) is -1.20. The van der Waals surface area contributed by atoms with Crippen molar-refractivity contribution in [2.75, 3.05) is 41.9 Å². The van der Waals surface area contributed by atoms with Crippen molar-refractivity contribution in [3.63, 3.8) is 0 Å². The minimum absolute atomic E-state index is 0.0179. The number of amides is 4. The summed E-state index contributed by atoms with van der Waals surface area (Å²) in [5, 5.41) is 17.1. The third kappa shape index (κ3) is 12.5. The molecule has 0 saturated carbocycles. The van der Waals surface area contributed by atoms with Gasteiger partial charge in [-0.1, -0.05) is 93.0 Å². The number of carbonyl (C=O) groups excluding carboxylic acids is 4. The number of likely N-dealkylation sites (N-methyl/N-ethyl adjacent to an activating group) is 2. The molecular weight excluding hydrogens is 699 g/mol. The van der Waals surface area contributed by atoms with Gasteiger partial charge >= 0.3 is 0 Å². The molecule has 1 heterocycles. The zero-order valence-corrected chi connectivity index (χ0v) is 36.6. The summed E-state index contributed by atoms with van der Waals surface area (Å²) in [4.78, 5) is 60.8. The van der Waals surface area contributed by atoms with E-state index in [-0.39, 0.29) is 53.8 Å². The number of aliphatic hydroxyl groups is 1. The number of nitrogens with zero attached hydrogens (tertiary/aromatic N) is 3. The lowest BCUT2D eigenvalue weighted by Gasteiger charge is -2.41. The molecule has 0 bridgehead atoms. The molecule has 1 aromatic rings. The van der Waals surface area contributed by atoms with Crippen molar-refractivity contribution < 1.29 is 33.8 Å². The van der Waals surface area contributed by atoms with Gasteiger partial charge in [-0.25, -0.2) is 0 Å². The lowest BCUT2D eigenvalue weighted by Crippen LogP contribution is -2.59. The molecule has 0 aromatic heterocycles. The van der Waals surface area contributed by atoms with Crippen molar-refractivity contribution in [2.24, 2.45) is 23.7 Å². The third-order valence-electron chi connectivity index (χ3n) is 11.7. The summed E-state index contributed by atoms with van der Waals surface area (Å²) in [6.07, 6.45) is 0.119. The van der Waals surface area contributed by atoms with E-state index in [9.17, 15) is 24.3 Å². The summed E-state index contributed by atoms with van der Waals surface area (Å²) in [6.45, 7) is 20.2. The van der Waals surface area contributed by atoms with Crippen molar-refractivity contribution in [1.29, 1.82) is 0 Å². The summed E-state index contributed by atoms with van der Waals surface area (Å²) < 4.78 is 12.0. The first kappa shape index (κ1) is 48.1. The van der Waals surface area contributed by atoms with Crippen LogP contribution in [0.2, 0.25) is 0 Å². The smallest absolute Gasteiger partial charge is 0.245 e. The maximum Gasteiger partial charge on any atom is 0.245 e. The average molecular weight is 774 g/mol. The molecule has 1 saturated heterocycles. The van der Waals surface area contributed by atoms with Gasteiger partial charge in [0.15, 0.2) is 0 Å². The molecule has 314 valence electrons. The predicted molar refractivity (Wildman–Crippen MR) is 218 cm³/mol. The Morgan fingerprint density at radius 2 is 1.44 bits per heavy atom. The molecule has 55 heavy (non-hydrogen) atoms. The zero-order chi connectivity index (χ0) is 41.9. The molecule has 3 N–H and O–H groups in total. The van der Waals surface area contributed by atoms with Crippen LogP contribution in [0.4, 0.5) is 0 Å². The molecule has 2 rings (SSSR count). The normalized spacial score (nSPS) is 19.8. The molecule has 1 aromatic carbocycles. The number of likely N-dealkylation sites (tertiary alicyclic amines) is 1. The monoisotopic (exact) mass is 774 g/mol. The van der Waals surface area contributed by atoms with Crippen molar-refractivity contribution >= 4 is 23.6 Å². The number of benzene rings is 1. The first-order valence-electron chi connectivity index (χ1n) is 20.4. The molecule has 0 aliphatic carbocycles. The van der Waals surface area contributed by atoms with E-state index in [1.165, 1.54) is 5.56 Å². The van der Waals surface area contributed by atoms with E-state index in [1.807, 2.05) is 84.8 Å². The lowest BCUT2D eigenvalue weighted by molar-refractivity contribution is -0.148. The van der Waals surface area contributed by atoms with Gasteiger partial charge in [-0.15, -0.1) is 0 Å².